The molecule has 4 N–H and O–H groups in total. The molecule has 0 heterocycles. The molecule has 1 rings (SSSR count). The molecular formula is C11H22N2O2. The van der Waals surface area contributed by atoms with Crippen molar-refractivity contribution in [3.63, 3.8) is 0 Å². The summed E-state index contributed by atoms with van der Waals surface area (Å²) in [5.74, 6) is -0.308. The molecule has 1 saturated carbocycles. The van der Waals surface area contributed by atoms with Gasteiger partial charge in [0.1, 0.15) is 0 Å². The maximum Gasteiger partial charge on any atom is 0.219 e. The molecule has 0 aromatic rings. The average Bonchev–Trinajstić information content (AvgIpc) is 2.06. The van der Waals surface area contributed by atoms with Crippen molar-refractivity contribution in [3.05, 3.63) is 0 Å². The zero-order valence-electron chi connectivity index (χ0n) is 9.62. The van der Waals surface area contributed by atoms with E-state index in [2.05, 4.69) is 5.32 Å². The number of aliphatic hydroxyl groups is 1. The van der Waals surface area contributed by atoms with Crippen LogP contribution in [0.15, 0.2) is 0 Å². The molecule has 1 aliphatic rings. The van der Waals surface area contributed by atoms with Crippen LogP contribution in [-0.2, 0) is 4.79 Å². The van der Waals surface area contributed by atoms with E-state index in [1.54, 1.807) is 0 Å². The summed E-state index contributed by atoms with van der Waals surface area (Å²) in [6, 6.07) is 0.105. The molecule has 15 heavy (non-hydrogen) atoms. The molecule has 4 nitrogen and oxygen atoms in total. The Kier molecular flexibility index (Phi) is 4.11. The highest BCUT2D eigenvalue weighted by atomic mass is 16.3. The molecule has 2 unspecified atom stereocenters. The van der Waals surface area contributed by atoms with E-state index in [1.807, 2.05) is 13.8 Å². The van der Waals surface area contributed by atoms with Crippen LogP contribution >= 0.6 is 0 Å². The number of hydrogen-bond acceptors (Lipinski definition) is 3. The Bertz CT molecular complexity index is 229. The van der Waals surface area contributed by atoms with E-state index in [0.29, 0.717) is 6.42 Å². The molecule has 1 fully saturated rings. The van der Waals surface area contributed by atoms with Gasteiger partial charge in [-0.1, -0.05) is 12.8 Å². The van der Waals surface area contributed by atoms with Crippen molar-refractivity contribution < 1.29 is 9.90 Å². The SMILES string of the molecule is CC(C)(CC(N)=O)NC1CCCCC1O. The number of nitrogens with two attached hydrogens (primary N) is 1. The van der Waals surface area contributed by atoms with Crippen LogP contribution in [0, 0.1) is 0 Å². The highest BCUT2D eigenvalue weighted by Gasteiger charge is 2.29. The van der Waals surface area contributed by atoms with Crippen LogP contribution in [0.2, 0.25) is 0 Å². The molecule has 88 valence electrons. The van der Waals surface area contributed by atoms with Gasteiger partial charge in [0.2, 0.25) is 5.91 Å². The number of amides is 1. The van der Waals surface area contributed by atoms with Gasteiger partial charge in [-0.2, -0.15) is 0 Å². The molecule has 0 bridgehead atoms. The Hall–Kier alpha value is -0.610. The molecule has 0 aromatic carbocycles. The smallest absolute Gasteiger partial charge is 0.219 e. The van der Waals surface area contributed by atoms with Crippen molar-refractivity contribution >= 4 is 5.91 Å². The molecule has 4 heteroatoms. The fourth-order valence-electron chi connectivity index (χ4n) is 2.27. The first-order valence-electron chi connectivity index (χ1n) is 5.65. The summed E-state index contributed by atoms with van der Waals surface area (Å²) >= 11 is 0. The minimum absolute atomic E-state index is 0.105. The van der Waals surface area contributed by atoms with E-state index < -0.39 is 0 Å². The number of aliphatic hydroxyl groups excluding tert-OH is 1. The van der Waals surface area contributed by atoms with Gasteiger partial charge in [0, 0.05) is 18.0 Å². The predicted octanol–water partition coefficient (Wildman–Crippen LogP) is 0.533. The highest BCUT2D eigenvalue weighted by Crippen LogP contribution is 2.21. The van der Waals surface area contributed by atoms with E-state index in [4.69, 9.17) is 5.73 Å². The van der Waals surface area contributed by atoms with Gasteiger partial charge < -0.3 is 16.2 Å². The van der Waals surface area contributed by atoms with Gasteiger partial charge >= 0.3 is 0 Å². The summed E-state index contributed by atoms with van der Waals surface area (Å²) in [4.78, 5) is 10.9. The molecule has 0 radical (unpaired) electrons. The van der Waals surface area contributed by atoms with Gasteiger partial charge in [0.15, 0.2) is 0 Å². The zero-order chi connectivity index (χ0) is 11.5. The maximum atomic E-state index is 10.9. The van der Waals surface area contributed by atoms with Crippen LogP contribution < -0.4 is 11.1 Å². The number of nitrogens with one attached hydrogen (secondary N) is 1. The second-order valence-electron chi connectivity index (χ2n) is 5.13. The standard InChI is InChI=1S/C11H22N2O2/c1-11(2,7-10(12)15)13-8-5-3-4-6-9(8)14/h8-9,13-14H,3-7H2,1-2H3,(H2,12,15). The van der Waals surface area contributed by atoms with E-state index >= 15 is 0 Å². The van der Waals surface area contributed by atoms with E-state index in [9.17, 15) is 9.90 Å². The summed E-state index contributed by atoms with van der Waals surface area (Å²) in [6.45, 7) is 3.89. The lowest BCUT2D eigenvalue weighted by molar-refractivity contribution is -0.119. The Labute approximate surface area is 91.2 Å². The minimum atomic E-state index is -0.325. The molecule has 0 saturated heterocycles. The summed E-state index contributed by atoms with van der Waals surface area (Å²) in [7, 11) is 0. The van der Waals surface area contributed by atoms with Crippen LogP contribution in [0.25, 0.3) is 0 Å². The predicted molar refractivity (Wildman–Crippen MR) is 59.3 cm³/mol. The molecule has 0 aromatic heterocycles. The second-order valence-corrected chi connectivity index (χ2v) is 5.13. The van der Waals surface area contributed by atoms with Crippen molar-refractivity contribution in [2.45, 2.75) is 63.6 Å². The summed E-state index contributed by atoms with van der Waals surface area (Å²) in [5.41, 5.74) is 4.85. The fourth-order valence-corrected chi connectivity index (χ4v) is 2.27. The summed E-state index contributed by atoms with van der Waals surface area (Å²) < 4.78 is 0. The van der Waals surface area contributed by atoms with Gasteiger partial charge in [-0.05, 0) is 26.7 Å². The normalized spacial score (nSPS) is 27.7. The Balaban J connectivity index is 2.47. The van der Waals surface area contributed by atoms with Crippen molar-refractivity contribution in [2.24, 2.45) is 5.73 Å². The van der Waals surface area contributed by atoms with Crippen LogP contribution in [0.3, 0.4) is 0 Å². The number of carbonyl (C=O) groups is 1. The zero-order valence-corrected chi connectivity index (χ0v) is 9.62. The van der Waals surface area contributed by atoms with Crippen LogP contribution in [0.1, 0.15) is 46.0 Å². The molecular weight excluding hydrogens is 192 g/mol. The third kappa shape index (κ3) is 4.18. The second kappa shape index (κ2) is 4.94. The van der Waals surface area contributed by atoms with Crippen molar-refractivity contribution in [3.8, 4) is 0 Å². The quantitative estimate of drug-likeness (QED) is 0.639. The summed E-state index contributed by atoms with van der Waals surface area (Å²) in [6.07, 6.45) is 4.08. The monoisotopic (exact) mass is 214 g/mol. The number of carbonyl (C=O) groups excluding carboxylic acids is 1. The van der Waals surface area contributed by atoms with Crippen LogP contribution in [0.5, 0.6) is 0 Å². The number of primary amides is 1. The molecule has 1 aliphatic carbocycles. The lowest BCUT2D eigenvalue weighted by Gasteiger charge is -2.36. The third-order valence-corrected chi connectivity index (χ3v) is 2.92. The lowest BCUT2D eigenvalue weighted by atomic mass is 9.89. The first-order chi connectivity index (χ1) is 6.91. The van der Waals surface area contributed by atoms with E-state index in [-0.39, 0.29) is 23.6 Å². The third-order valence-electron chi connectivity index (χ3n) is 2.92. The van der Waals surface area contributed by atoms with Gasteiger partial charge in [-0.25, -0.2) is 0 Å². The van der Waals surface area contributed by atoms with E-state index in [1.165, 1.54) is 0 Å². The largest absolute Gasteiger partial charge is 0.392 e. The maximum absolute atomic E-state index is 10.9. The Morgan fingerprint density at radius 1 is 1.47 bits per heavy atom. The van der Waals surface area contributed by atoms with E-state index in [0.717, 1.165) is 25.7 Å². The van der Waals surface area contributed by atoms with Crippen LogP contribution in [0.4, 0.5) is 0 Å². The van der Waals surface area contributed by atoms with Gasteiger partial charge in [-0.15, -0.1) is 0 Å². The fraction of sp³-hybridized carbons (Fsp3) is 0.909. The molecule has 0 aliphatic heterocycles. The molecule has 2 atom stereocenters. The van der Waals surface area contributed by atoms with Gasteiger partial charge in [-0.3, -0.25) is 4.79 Å². The summed E-state index contributed by atoms with van der Waals surface area (Å²) in [5, 5.41) is 13.1. The molecule has 1 amide bonds. The Morgan fingerprint density at radius 3 is 2.60 bits per heavy atom. The Morgan fingerprint density at radius 2 is 2.07 bits per heavy atom. The molecule has 0 spiro atoms. The number of rotatable bonds is 4. The van der Waals surface area contributed by atoms with Crippen LogP contribution in [-0.4, -0.2) is 28.7 Å². The van der Waals surface area contributed by atoms with Gasteiger partial charge in [0.25, 0.3) is 0 Å². The number of hydrogen-bond donors (Lipinski definition) is 3. The minimum Gasteiger partial charge on any atom is -0.392 e. The first-order valence-corrected chi connectivity index (χ1v) is 5.65. The van der Waals surface area contributed by atoms with Gasteiger partial charge in [0.05, 0.1) is 6.10 Å². The van der Waals surface area contributed by atoms with Crippen molar-refractivity contribution in [1.29, 1.82) is 0 Å². The highest BCUT2D eigenvalue weighted by molar-refractivity contribution is 5.75. The van der Waals surface area contributed by atoms with Crippen molar-refractivity contribution in [2.75, 3.05) is 0 Å². The lowest BCUT2D eigenvalue weighted by Crippen LogP contribution is -2.53. The van der Waals surface area contributed by atoms with Crippen molar-refractivity contribution in [1.82, 2.24) is 5.32 Å². The topological polar surface area (TPSA) is 75.4 Å². The first kappa shape index (κ1) is 12.5. The average molecular weight is 214 g/mol.